The van der Waals surface area contributed by atoms with Crippen molar-refractivity contribution in [2.24, 2.45) is 0 Å². The number of nitrogens with zero attached hydrogens (tertiary/aromatic N) is 2. The van der Waals surface area contributed by atoms with Crippen molar-refractivity contribution in [2.45, 2.75) is 27.7 Å². The van der Waals surface area contributed by atoms with Crippen LogP contribution in [0, 0.1) is 20.8 Å². The standard InChI is InChI=1S/C17H19N3O5/c1-5-24-17(23)15-11(4)20-10(3)14(15)13(21)8-25-16(22)12-7-18-9(2)6-19-12/h6-7,20H,5,8H2,1-4H3. The Bertz CT molecular complexity index is 808. The molecule has 0 spiro atoms. The first-order valence-corrected chi connectivity index (χ1v) is 7.70. The van der Waals surface area contributed by atoms with E-state index in [1.807, 2.05) is 0 Å². The fraction of sp³-hybridized carbons (Fsp3) is 0.353. The molecule has 1 N–H and O–H groups in total. The number of aromatic amines is 1. The highest BCUT2D eigenvalue weighted by Gasteiger charge is 2.26. The second kappa shape index (κ2) is 7.69. The molecule has 2 aromatic heterocycles. The molecule has 0 aromatic carbocycles. The van der Waals surface area contributed by atoms with Crippen molar-refractivity contribution in [3.8, 4) is 0 Å². The highest BCUT2D eigenvalue weighted by atomic mass is 16.5. The number of rotatable bonds is 6. The molecule has 0 aliphatic heterocycles. The van der Waals surface area contributed by atoms with Crippen molar-refractivity contribution in [3.63, 3.8) is 0 Å². The molecule has 0 amide bonds. The first-order valence-electron chi connectivity index (χ1n) is 7.70. The number of ether oxygens (including phenoxy) is 2. The van der Waals surface area contributed by atoms with Crippen LogP contribution in [-0.2, 0) is 9.47 Å². The minimum Gasteiger partial charge on any atom is -0.462 e. The lowest BCUT2D eigenvalue weighted by molar-refractivity contribution is 0.0466. The number of aryl methyl sites for hydroxylation is 3. The number of H-pyrrole nitrogens is 1. The van der Waals surface area contributed by atoms with Gasteiger partial charge in [-0.1, -0.05) is 0 Å². The molecule has 25 heavy (non-hydrogen) atoms. The second-order valence-electron chi connectivity index (χ2n) is 5.39. The van der Waals surface area contributed by atoms with E-state index in [1.165, 1.54) is 12.4 Å². The molecule has 132 valence electrons. The third-order valence-electron chi connectivity index (χ3n) is 3.46. The normalized spacial score (nSPS) is 10.4. The number of esters is 2. The number of nitrogens with one attached hydrogen (secondary N) is 1. The fourth-order valence-electron chi connectivity index (χ4n) is 2.36. The van der Waals surface area contributed by atoms with Crippen LogP contribution in [0.25, 0.3) is 0 Å². The van der Waals surface area contributed by atoms with Crippen molar-refractivity contribution in [3.05, 3.63) is 46.3 Å². The summed E-state index contributed by atoms with van der Waals surface area (Å²) in [6.07, 6.45) is 2.70. The van der Waals surface area contributed by atoms with E-state index < -0.39 is 24.3 Å². The van der Waals surface area contributed by atoms with Gasteiger partial charge in [0.25, 0.3) is 0 Å². The fourth-order valence-corrected chi connectivity index (χ4v) is 2.36. The van der Waals surface area contributed by atoms with E-state index in [1.54, 1.807) is 27.7 Å². The Hall–Kier alpha value is -3.03. The first-order chi connectivity index (χ1) is 11.8. The van der Waals surface area contributed by atoms with E-state index >= 15 is 0 Å². The largest absolute Gasteiger partial charge is 0.462 e. The van der Waals surface area contributed by atoms with Crippen LogP contribution in [0.5, 0.6) is 0 Å². The maximum absolute atomic E-state index is 12.5. The molecule has 2 heterocycles. The predicted octanol–water partition coefficient (Wildman–Crippen LogP) is 1.95. The number of ketones is 1. The van der Waals surface area contributed by atoms with Crippen molar-refractivity contribution in [2.75, 3.05) is 13.2 Å². The molecule has 8 heteroatoms. The molecule has 2 aromatic rings. The Morgan fingerprint density at radius 1 is 0.960 bits per heavy atom. The van der Waals surface area contributed by atoms with E-state index in [4.69, 9.17) is 9.47 Å². The van der Waals surface area contributed by atoms with Gasteiger partial charge in [0, 0.05) is 17.6 Å². The molecule has 2 rings (SSSR count). The van der Waals surface area contributed by atoms with E-state index in [-0.39, 0.29) is 23.4 Å². The number of aromatic nitrogens is 3. The molecular weight excluding hydrogens is 326 g/mol. The maximum atomic E-state index is 12.5. The van der Waals surface area contributed by atoms with Gasteiger partial charge in [0.2, 0.25) is 5.78 Å². The molecule has 0 bridgehead atoms. The van der Waals surface area contributed by atoms with Crippen molar-refractivity contribution >= 4 is 17.7 Å². The topological polar surface area (TPSA) is 111 Å². The molecule has 0 saturated carbocycles. The Labute approximate surface area is 144 Å². The van der Waals surface area contributed by atoms with Crippen LogP contribution in [0.3, 0.4) is 0 Å². The average Bonchev–Trinajstić information content (AvgIpc) is 2.87. The van der Waals surface area contributed by atoms with Gasteiger partial charge in [0.05, 0.1) is 29.6 Å². The average molecular weight is 345 g/mol. The van der Waals surface area contributed by atoms with Gasteiger partial charge in [-0.05, 0) is 27.7 Å². The Kier molecular flexibility index (Phi) is 5.63. The van der Waals surface area contributed by atoms with Gasteiger partial charge in [0.15, 0.2) is 12.3 Å². The summed E-state index contributed by atoms with van der Waals surface area (Å²) in [5, 5.41) is 0. The number of carbonyl (C=O) groups excluding carboxylic acids is 3. The molecule has 0 radical (unpaired) electrons. The molecule has 0 aliphatic rings. The molecule has 0 saturated heterocycles. The van der Waals surface area contributed by atoms with Gasteiger partial charge in [-0.3, -0.25) is 9.78 Å². The van der Waals surface area contributed by atoms with Crippen molar-refractivity contribution in [1.82, 2.24) is 15.0 Å². The second-order valence-corrected chi connectivity index (χ2v) is 5.39. The van der Waals surface area contributed by atoms with Crippen LogP contribution in [0.15, 0.2) is 12.4 Å². The Balaban J connectivity index is 2.14. The third kappa shape index (κ3) is 4.09. The number of Topliss-reactive ketones (excluding diaryl/α,β-unsaturated/α-hetero) is 1. The minimum absolute atomic E-state index is 0.00554. The first kappa shape index (κ1) is 18.3. The Morgan fingerprint density at radius 2 is 1.64 bits per heavy atom. The third-order valence-corrected chi connectivity index (χ3v) is 3.46. The van der Waals surface area contributed by atoms with Gasteiger partial charge in [0.1, 0.15) is 0 Å². The minimum atomic E-state index is -0.761. The van der Waals surface area contributed by atoms with Crippen LogP contribution in [-0.4, -0.2) is 45.9 Å². The van der Waals surface area contributed by atoms with E-state index in [9.17, 15) is 14.4 Å². The number of hydrogen-bond acceptors (Lipinski definition) is 7. The van der Waals surface area contributed by atoms with E-state index in [0.29, 0.717) is 17.1 Å². The summed E-state index contributed by atoms with van der Waals surface area (Å²) in [7, 11) is 0. The van der Waals surface area contributed by atoms with Crippen LogP contribution in [0.4, 0.5) is 0 Å². The molecule has 0 atom stereocenters. The summed E-state index contributed by atoms with van der Waals surface area (Å²) in [5.41, 5.74) is 2.03. The molecule has 0 fully saturated rings. The van der Waals surface area contributed by atoms with E-state index in [0.717, 1.165) is 0 Å². The maximum Gasteiger partial charge on any atom is 0.358 e. The zero-order valence-electron chi connectivity index (χ0n) is 14.5. The monoisotopic (exact) mass is 345 g/mol. The van der Waals surface area contributed by atoms with E-state index in [2.05, 4.69) is 15.0 Å². The van der Waals surface area contributed by atoms with Gasteiger partial charge < -0.3 is 14.5 Å². The highest BCUT2D eigenvalue weighted by Crippen LogP contribution is 2.20. The van der Waals surface area contributed by atoms with Crippen LogP contribution in [0.1, 0.15) is 55.2 Å². The summed E-state index contributed by atoms with van der Waals surface area (Å²) < 4.78 is 9.97. The summed E-state index contributed by atoms with van der Waals surface area (Å²) in [4.78, 5) is 47.2. The van der Waals surface area contributed by atoms with Crippen LogP contribution >= 0.6 is 0 Å². The zero-order chi connectivity index (χ0) is 18.6. The van der Waals surface area contributed by atoms with Crippen LogP contribution < -0.4 is 0 Å². The summed E-state index contributed by atoms with van der Waals surface area (Å²) >= 11 is 0. The predicted molar refractivity (Wildman–Crippen MR) is 87.6 cm³/mol. The van der Waals surface area contributed by atoms with Crippen LogP contribution in [0.2, 0.25) is 0 Å². The molecule has 0 unspecified atom stereocenters. The van der Waals surface area contributed by atoms with Crippen molar-refractivity contribution in [1.29, 1.82) is 0 Å². The lowest BCUT2D eigenvalue weighted by Crippen LogP contribution is -2.18. The number of hydrogen-bond donors (Lipinski definition) is 1. The summed E-state index contributed by atoms with van der Waals surface area (Å²) in [5.74, 6) is -1.86. The summed E-state index contributed by atoms with van der Waals surface area (Å²) in [6.45, 7) is 6.43. The quantitative estimate of drug-likeness (QED) is 0.629. The lowest BCUT2D eigenvalue weighted by Gasteiger charge is -2.07. The van der Waals surface area contributed by atoms with Gasteiger partial charge in [-0.2, -0.15) is 0 Å². The number of carbonyl (C=O) groups is 3. The smallest absolute Gasteiger partial charge is 0.358 e. The van der Waals surface area contributed by atoms with Gasteiger partial charge >= 0.3 is 11.9 Å². The van der Waals surface area contributed by atoms with Gasteiger partial charge in [-0.25, -0.2) is 14.6 Å². The lowest BCUT2D eigenvalue weighted by atomic mass is 10.1. The van der Waals surface area contributed by atoms with Crippen molar-refractivity contribution < 1.29 is 23.9 Å². The molecule has 8 nitrogen and oxygen atoms in total. The SMILES string of the molecule is CCOC(=O)c1c(C)[nH]c(C)c1C(=O)COC(=O)c1cnc(C)cn1. The van der Waals surface area contributed by atoms with Gasteiger partial charge in [-0.15, -0.1) is 0 Å². The summed E-state index contributed by atoms with van der Waals surface area (Å²) in [6, 6.07) is 0. The molecule has 0 aliphatic carbocycles. The zero-order valence-corrected chi connectivity index (χ0v) is 14.5. The highest BCUT2D eigenvalue weighted by molar-refractivity contribution is 6.09. The molecular formula is C17H19N3O5. The Morgan fingerprint density at radius 3 is 2.24 bits per heavy atom.